The largest absolute Gasteiger partial charge is 0.352 e. The third-order valence-corrected chi connectivity index (χ3v) is 4.66. The second-order valence-electron chi connectivity index (χ2n) is 8.48. The van der Waals surface area contributed by atoms with Crippen molar-refractivity contribution in [3.8, 4) is 0 Å². The number of hydrogen-bond donors (Lipinski definition) is 1. The van der Waals surface area contributed by atoms with Crippen molar-refractivity contribution < 1.29 is 9.59 Å². The molecule has 1 saturated carbocycles. The van der Waals surface area contributed by atoms with Gasteiger partial charge in [0.25, 0.3) is 0 Å². The van der Waals surface area contributed by atoms with E-state index in [0.717, 1.165) is 52.1 Å². The van der Waals surface area contributed by atoms with E-state index in [1.165, 1.54) is 0 Å². The van der Waals surface area contributed by atoms with E-state index >= 15 is 0 Å². The Bertz CT molecular complexity index is 431. The summed E-state index contributed by atoms with van der Waals surface area (Å²) in [6.45, 7) is 14.7. The molecule has 0 spiro atoms. The Kier molecular flexibility index (Phi) is 7.69. The Morgan fingerprint density at radius 2 is 1.40 bits per heavy atom. The van der Waals surface area contributed by atoms with Gasteiger partial charge in [0.15, 0.2) is 0 Å². The summed E-state index contributed by atoms with van der Waals surface area (Å²) >= 11 is 0. The molecule has 2 rings (SSSR count). The first-order valence-electron chi connectivity index (χ1n) is 9.85. The van der Waals surface area contributed by atoms with Gasteiger partial charge in [0, 0.05) is 45.3 Å². The van der Waals surface area contributed by atoms with Crippen LogP contribution in [0.5, 0.6) is 0 Å². The molecule has 2 fully saturated rings. The second-order valence-corrected chi connectivity index (χ2v) is 8.48. The first-order chi connectivity index (χ1) is 11.8. The van der Waals surface area contributed by atoms with Crippen molar-refractivity contribution in [2.45, 2.75) is 46.6 Å². The summed E-state index contributed by atoms with van der Waals surface area (Å²) in [6, 6.07) is 0.430. The van der Waals surface area contributed by atoms with Gasteiger partial charge >= 0.3 is 0 Å². The highest BCUT2D eigenvalue weighted by Crippen LogP contribution is 2.18. The number of hydrogen-bond acceptors (Lipinski definition) is 4. The maximum absolute atomic E-state index is 12.7. The van der Waals surface area contributed by atoms with Gasteiger partial charge in [0.1, 0.15) is 0 Å². The number of carbonyl (C=O) groups is 2. The maximum atomic E-state index is 12.7. The van der Waals surface area contributed by atoms with Gasteiger partial charge in [-0.05, 0) is 24.7 Å². The number of rotatable bonds is 9. The number of piperazine rings is 1. The molecule has 0 aromatic heterocycles. The van der Waals surface area contributed by atoms with Crippen LogP contribution in [0.4, 0.5) is 0 Å². The van der Waals surface area contributed by atoms with Crippen LogP contribution in [0.3, 0.4) is 0 Å². The van der Waals surface area contributed by atoms with Gasteiger partial charge in [-0.1, -0.05) is 27.7 Å². The first-order valence-corrected chi connectivity index (χ1v) is 9.85. The third-order valence-electron chi connectivity index (χ3n) is 4.66. The minimum atomic E-state index is 0.145. The van der Waals surface area contributed by atoms with Gasteiger partial charge in [-0.25, -0.2) is 0 Å². The molecule has 0 aromatic rings. The van der Waals surface area contributed by atoms with Crippen molar-refractivity contribution in [3.63, 3.8) is 0 Å². The van der Waals surface area contributed by atoms with E-state index in [0.29, 0.717) is 31.0 Å². The van der Waals surface area contributed by atoms with Crippen LogP contribution in [0.15, 0.2) is 0 Å². The van der Waals surface area contributed by atoms with Crippen LogP contribution in [0.2, 0.25) is 0 Å². The van der Waals surface area contributed by atoms with E-state index in [1.807, 2.05) is 4.90 Å². The van der Waals surface area contributed by atoms with E-state index in [-0.39, 0.29) is 11.8 Å². The first kappa shape index (κ1) is 20.2. The summed E-state index contributed by atoms with van der Waals surface area (Å²) in [5.74, 6) is 1.36. The lowest BCUT2D eigenvalue weighted by molar-refractivity contribution is -0.134. The van der Waals surface area contributed by atoms with Crippen molar-refractivity contribution in [1.82, 2.24) is 20.0 Å². The van der Waals surface area contributed by atoms with Crippen LogP contribution in [0.1, 0.15) is 40.5 Å². The topological polar surface area (TPSA) is 55.9 Å². The molecular formula is C19H36N4O2. The van der Waals surface area contributed by atoms with E-state index < -0.39 is 0 Å². The summed E-state index contributed by atoms with van der Waals surface area (Å²) in [4.78, 5) is 31.0. The molecule has 0 radical (unpaired) electrons. The molecule has 6 nitrogen and oxygen atoms in total. The zero-order valence-corrected chi connectivity index (χ0v) is 16.5. The fourth-order valence-electron chi connectivity index (χ4n) is 3.26. The van der Waals surface area contributed by atoms with Gasteiger partial charge in [0.05, 0.1) is 13.1 Å². The van der Waals surface area contributed by atoms with Crippen LogP contribution >= 0.6 is 0 Å². The highest BCUT2D eigenvalue weighted by atomic mass is 16.2. The molecule has 0 unspecified atom stereocenters. The van der Waals surface area contributed by atoms with E-state index in [2.05, 4.69) is 42.8 Å². The van der Waals surface area contributed by atoms with Crippen LogP contribution in [-0.4, -0.2) is 84.9 Å². The Hall–Kier alpha value is -1.14. The molecule has 0 bridgehead atoms. The zero-order valence-electron chi connectivity index (χ0n) is 16.5. The molecule has 6 heteroatoms. The van der Waals surface area contributed by atoms with Gasteiger partial charge in [-0.15, -0.1) is 0 Å². The summed E-state index contributed by atoms with van der Waals surface area (Å²) in [7, 11) is 0. The summed E-state index contributed by atoms with van der Waals surface area (Å²) in [5, 5.41) is 3.04. The quantitative estimate of drug-likeness (QED) is 0.673. The second kappa shape index (κ2) is 9.53. The van der Waals surface area contributed by atoms with Gasteiger partial charge in [0.2, 0.25) is 11.8 Å². The minimum Gasteiger partial charge on any atom is -0.352 e. The predicted octanol–water partition coefficient (Wildman–Crippen LogP) is 1.02. The molecule has 0 atom stereocenters. The van der Waals surface area contributed by atoms with Gasteiger partial charge < -0.3 is 10.2 Å². The van der Waals surface area contributed by atoms with Crippen LogP contribution in [0, 0.1) is 11.8 Å². The molecule has 1 heterocycles. The lowest BCUT2D eigenvalue weighted by atomic mass is 10.1. The molecule has 1 N–H and O–H groups in total. The lowest BCUT2D eigenvalue weighted by Crippen LogP contribution is -2.52. The standard InChI is InChI=1S/C19H36N4O2/c1-15(2)11-23(12-16(3)4)19(25)14-22-9-7-21(8-10-22)13-18(24)20-17-5-6-17/h15-17H,5-14H2,1-4H3,(H,20,24). The van der Waals surface area contributed by atoms with Crippen molar-refractivity contribution >= 4 is 11.8 Å². The number of amides is 2. The maximum Gasteiger partial charge on any atom is 0.236 e. The van der Waals surface area contributed by atoms with Crippen molar-refractivity contribution in [2.75, 3.05) is 52.4 Å². The number of nitrogens with zero attached hydrogens (tertiary/aromatic N) is 3. The third kappa shape index (κ3) is 7.74. The highest BCUT2D eigenvalue weighted by molar-refractivity contribution is 5.79. The average Bonchev–Trinajstić information content (AvgIpc) is 3.31. The van der Waals surface area contributed by atoms with Crippen molar-refractivity contribution in [1.29, 1.82) is 0 Å². The smallest absolute Gasteiger partial charge is 0.236 e. The van der Waals surface area contributed by atoms with E-state index in [1.54, 1.807) is 0 Å². The molecular weight excluding hydrogens is 316 g/mol. The van der Waals surface area contributed by atoms with Crippen LogP contribution < -0.4 is 5.32 Å². The summed E-state index contributed by atoms with van der Waals surface area (Å²) < 4.78 is 0. The van der Waals surface area contributed by atoms with Crippen molar-refractivity contribution in [2.24, 2.45) is 11.8 Å². The highest BCUT2D eigenvalue weighted by Gasteiger charge is 2.26. The van der Waals surface area contributed by atoms with Gasteiger partial charge in [-0.2, -0.15) is 0 Å². The molecule has 25 heavy (non-hydrogen) atoms. The minimum absolute atomic E-state index is 0.145. The SMILES string of the molecule is CC(C)CN(CC(C)C)C(=O)CN1CCN(CC(=O)NC2CC2)CC1. The number of nitrogens with one attached hydrogen (secondary N) is 1. The van der Waals surface area contributed by atoms with Crippen LogP contribution in [-0.2, 0) is 9.59 Å². The molecule has 0 aromatic carbocycles. The molecule has 1 aliphatic carbocycles. The van der Waals surface area contributed by atoms with E-state index in [4.69, 9.17) is 0 Å². The normalized spacial score (nSPS) is 19.4. The molecule has 1 aliphatic heterocycles. The summed E-state index contributed by atoms with van der Waals surface area (Å²) in [5.41, 5.74) is 0. The zero-order chi connectivity index (χ0) is 18.4. The Labute approximate surface area is 152 Å². The molecule has 2 amide bonds. The summed E-state index contributed by atoms with van der Waals surface area (Å²) in [6.07, 6.45) is 2.26. The number of carbonyl (C=O) groups excluding carboxylic acids is 2. The Morgan fingerprint density at radius 1 is 0.920 bits per heavy atom. The monoisotopic (exact) mass is 352 g/mol. The Balaban J connectivity index is 1.71. The predicted molar refractivity (Wildman–Crippen MR) is 100 cm³/mol. The molecule has 2 aliphatic rings. The van der Waals surface area contributed by atoms with E-state index in [9.17, 15) is 9.59 Å². The van der Waals surface area contributed by atoms with Crippen LogP contribution in [0.25, 0.3) is 0 Å². The average molecular weight is 353 g/mol. The lowest BCUT2D eigenvalue weighted by Gasteiger charge is -2.35. The Morgan fingerprint density at radius 3 is 1.84 bits per heavy atom. The van der Waals surface area contributed by atoms with Gasteiger partial charge in [-0.3, -0.25) is 19.4 Å². The molecule has 1 saturated heterocycles. The fraction of sp³-hybridized carbons (Fsp3) is 0.895. The molecule has 144 valence electrons. The fourth-order valence-corrected chi connectivity index (χ4v) is 3.26. The van der Waals surface area contributed by atoms with Crippen molar-refractivity contribution in [3.05, 3.63) is 0 Å².